The predicted octanol–water partition coefficient (Wildman–Crippen LogP) is 4.92. The molecule has 3 aromatic carbocycles. The van der Waals surface area contributed by atoms with Crippen LogP contribution in [0.15, 0.2) is 83.8 Å². The van der Waals surface area contributed by atoms with E-state index in [-0.39, 0.29) is 17.2 Å². The number of carboxylic acid groups (broad SMARTS) is 1. The number of carbonyl (C=O) groups excluding carboxylic acids is 1. The van der Waals surface area contributed by atoms with Crippen LogP contribution in [0.5, 0.6) is 0 Å². The fourth-order valence-electron chi connectivity index (χ4n) is 2.53. The van der Waals surface area contributed by atoms with E-state index in [2.05, 4.69) is 16.0 Å². The van der Waals surface area contributed by atoms with Crippen molar-refractivity contribution in [2.24, 2.45) is 0 Å². The summed E-state index contributed by atoms with van der Waals surface area (Å²) in [7, 11) is 0. The van der Waals surface area contributed by atoms with Gasteiger partial charge in [-0.25, -0.2) is 4.79 Å². The lowest BCUT2D eigenvalue weighted by Gasteiger charge is -2.11. The van der Waals surface area contributed by atoms with E-state index >= 15 is 0 Å². The zero-order valence-electron chi connectivity index (χ0n) is 15.8. The minimum atomic E-state index is -1.03. The summed E-state index contributed by atoms with van der Waals surface area (Å²) in [4.78, 5) is 24.1. The second-order valence-corrected chi connectivity index (χ2v) is 7.65. The number of rotatable bonds is 7. The first-order valence-corrected chi connectivity index (χ1v) is 10.4. The molecule has 0 saturated heterocycles. The number of carboxylic acids is 1. The standard InChI is InChI=1S/C22H19N3O3S2/c26-20(23-18-8-4-5-15(13-18)21(27)28)14-30-19-11-9-17(10-12-19)25-22(29)24-16-6-2-1-3-7-16/h1-13H,14H2,(H,23,26)(H,27,28)(H2,24,25,29). The summed E-state index contributed by atoms with van der Waals surface area (Å²) in [6, 6.07) is 23.4. The number of thiocarbonyl (C=S) groups is 1. The Labute approximate surface area is 183 Å². The highest BCUT2D eigenvalue weighted by atomic mass is 32.2. The van der Waals surface area contributed by atoms with Gasteiger partial charge in [-0.2, -0.15) is 0 Å². The van der Waals surface area contributed by atoms with E-state index < -0.39 is 5.97 Å². The van der Waals surface area contributed by atoms with Crippen LogP contribution < -0.4 is 16.0 Å². The van der Waals surface area contributed by atoms with Gasteiger partial charge in [-0.15, -0.1) is 11.8 Å². The molecule has 0 aliphatic heterocycles. The molecular weight excluding hydrogens is 418 g/mol. The molecule has 152 valence electrons. The van der Waals surface area contributed by atoms with Crippen LogP contribution in [0, 0.1) is 0 Å². The number of anilines is 3. The van der Waals surface area contributed by atoms with Gasteiger partial charge in [0, 0.05) is 22.0 Å². The van der Waals surface area contributed by atoms with Crippen LogP contribution in [0.3, 0.4) is 0 Å². The first kappa shape index (κ1) is 21.4. The largest absolute Gasteiger partial charge is 0.478 e. The van der Waals surface area contributed by atoms with Crippen LogP contribution in [0.4, 0.5) is 17.1 Å². The number of hydrogen-bond donors (Lipinski definition) is 4. The van der Waals surface area contributed by atoms with Gasteiger partial charge in [0.15, 0.2) is 5.11 Å². The third-order valence-corrected chi connectivity index (χ3v) is 5.12. The number of hydrogen-bond acceptors (Lipinski definition) is 4. The highest BCUT2D eigenvalue weighted by Gasteiger charge is 2.07. The lowest BCUT2D eigenvalue weighted by Crippen LogP contribution is -2.18. The molecule has 0 heterocycles. The maximum Gasteiger partial charge on any atom is 0.335 e. The topological polar surface area (TPSA) is 90.5 Å². The fourth-order valence-corrected chi connectivity index (χ4v) is 3.46. The minimum Gasteiger partial charge on any atom is -0.478 e. The quantitative estimate of drug-likeness (QED) is 0.308. The van der Waals surface area contributed by atoms with Gasteiger partial charge in [-0.1, -0.05) is 24.3 Å². The Morgan fingerprint density at radius 2 is 1.43 bits per heavy atom. The number of nitrogens with one attached hydrogen (secondary N) is 3. The summed E-state index contributed by atoms with van der Waals surface area (Å²) in [5, 5.41) is 18.4. The van der Waals surface area contributed by atoms with Crippen molar-refractivity contribution in [2.45, 2.75) is 4.90 Å². The lowest BCUT2D eigenvalue weighted by atomic mass is 10.2. The highest BCUT2D eigenvalue weighted by molar-refractivity contribution is 8.00. The van der Waals surface area contributed by atoms with Gasteiger partial charge in [-0.05, 0) is 66.8 Å². The SMILES string of the molecule is O=C(CSc1ccc(NC(=S)Nc2ccccc2)cc1)Nc1cccc(C(=O)O)c1. The predicted molar refractivity (Wildman–Crippen MR) is 125 cm³/mol. The third-order valence-electron chi connectivity index (χ3n) is 3.91. The van der Waals surface area contributed by atoms with E-state index in [1.54, 1.807) is 12.1 Å². The van der Waals surface area contributed by atoms with Gasteiger partial charge in [-0.3, -0.25) is 4.79 Å². The second-order valence-electron chi connectivity index (χ2n) is 6.19. The van der Waals surface area contributed by atoms with Crippen molar-refractivity contribution in [1.29, 1.82) is 0 Å². The number of thioether (sulfide) groups is 1. The Balaban J connectivity index is 1.47. The van der Waals surface area contributed by atoms with Crippen molar-refractivity contribution < 1.29 is 14.7 Å². The van der Waals surface area contributed by atoms with Gasteiger partial charge in [0.1, 0.15) is 0 Å². The van der Waals surface area contributed by atoms with E-state index in [0.717, 1.165) is 16.3 Å². The maximum absolute atomic E-state index is 12.1. The molecule has 3 aromatic rings. The van der Waals surface area contributed by atoms with Crippen LogP contribution >= 0.6 is 24.0 Å². The van der Waals surface area contributed by atoms with Gasteiger partial charge < -0.3 is 21.1 Å². The first-order chi connectivity index (χ1) is 14.5. The molecule has 0 fully saturated rings. The van der Waals surface area contributed by atoms with Gasteiger partial charge in [0.05, 0.1) is 11.3 Å². The van der Waals surface area contributed by atoms with Gasteiger partial charge in [0.2, 0.25) is 5.91 Å². The van der Waals surface area contributed by atoms with Crippen molar-refractivity contribution in [1.82, 2.24) is 0 Å². The maximum atomic E-state index is 12.1. The van der Waals surface area contributed by atoms with Crippen LogP contribution in [0.1, 0.15) is 10.4 Å². The molecule has 0 atom stereocenters. The van der Waals surface area contributed by atoms with Crippen LogP contribution in [0.2, 0.25) is 0 Å². The van der Waals surface area contributed by atoms with Crippen molar-refractivity contribution in [3.8, 4) is 0 Å². The van der Waals surface area contributed by atoms with E-state index in [0.29, 0.717) is 10.8 Å². The summed E-state index contributed by atoms with van der Waals surface area (Å²) in [5.41, 5.74) is 2.33. The number of carbonyl (C=O) groups is 2. The van der Waals surface area contributed by atoms with Crippen LogP contribution in [-0.4, -0.2) is 27.8 Å². The molecule has 0 unspecified atom stereocenters. The van der Waals surface area contributed by atoms with Crippen molar-refractivity contribution in [2.75, 3.05) is 21.7 Å². The Morgan fingerprint density at radius 1 is 0.800 bits per heavy atom. The summed E-state index contributed by atoms with van der Waals surface area (Å²) >= 11 is 6.69. The zero-order valence-corrected chi connectivity index (χ0v) is 17.4. The first-order valence-electron chi connectivity index (χ1n) is 8.99. The molecule has 4 N–H and O–H groups in total. The van der Waals surface area contributed by atoms with E-state index in [4.69, 9.17) is 17.3 Å². The number of benzene rings is 3. The Morgan fingerprint density at radius 3 is 2.10 bits per heavy atom. The highest BCUT2D eigenvalue weighted by Crippen LogP contribution is 2.21. The van der Waals surface area contributed by atoms with Crippen LogP contribution in [-0.2, 0) is 4.79 Å². The van der Waals surface area contributed by atoms with Gasteiger partial charge in [0.25, 0.3) is 0 Å². The molecule has 8 heteroatoms. The molecule has 0 saturated carbocycles. The smallest absolute Gasteiger partial charge is 0.335 e. The van der Waals surface area contributed by atoms with Crippen molar-refractivity contribution in [3.63, 3.8) is 0 Å². The lowest BCUT2D eigenvalue weighted by molar-refractivity contribution is -0.113. The average molecular weight is 438 g/mol. The Bertz CT molecular complexity index is 1040. The monoisotopic (exact) mass is 437 g/mol. The van der Waals surface area contributed by atoms with Crippen molar-refractivity contribution >= 4 is 58.0 Å². The Hall–Kier alpha value is -3.36. The molecule has 1 amide bonds. The van der Waals surface area contributed by atoms with Gasteiger partial charge >= 0.3 is 5.97 Å². The molecule has 6 nitrogen and oxygen atoms in total. The number of para-hydroxylation sites is 1. The van der Waals surface area contributed by atoms with E-state index in [1.165, 1.54) is 23.9 Å². The fraction of sp³-hybridized carbons (Fsp3) is 0.0455. The molecule has 0 aliphatic rings. The molecule has 0 aliphatic carbocycles. The summed E-state index contributed by atoms with van der Waals surface area (Å²) < 4.78 is 0. The summed E-state index contributed by atoms with van der Waals surface area (Å²) in [6.45, 7) is 0. The average Bonchev–Trinajstić information content (AvgIpc) is 2.74. The molecule has 30 heavy (non-hydrogen) atoms. The molecule has 0 radical (unpaired) electrons. The third kappa shape index (κ3) is 6.61. The van der Waals surface area contributed by atoms with Crippen molar-refractivity contribution in [3.05, 3.63) is 84.4 Å². The van der Waals surface area contributed by atoms with Crippen LogP contribution in [0.25, 0.3) is 0 Å². The molecule has 3 rings (SSSR count). The molecule has 0 aromatic heterocycles. The normalized spacial score (nSPS) is 10.1. The molecule has 0 spiro atoms. The summed E-state index contributed by atoms with van der Waals surface area (Å²) in [5.74, 6) is -1.04. The van der Waals surface area contributed by atoms with E-state index in [1.807, 2.05) is 54.6 Å². The molecular formula is C22H19N3O3S2. The minimum absolute atomic E-state index is 0.128. The second kappa shape index (κ2) is 10.4. The number of amides is 1. The molecule has 0 bridgehead atoms. The summed E-state index contributed by atoms with van der Waals surface area (Å²) in [6.07, 6.45) is 0. The number of aromatic carboxylic acids is 1. The zero-order chi connectivity index (χ0) is 21.3. The Kier molecular flexibility index (Phi) is 7.42. The van der Waals surface area contributed by atoms with E-state index in [9.17, 15) is 9.59 Å².